The first-order chi connectivity index (χ1) is 9.10. The van der Waals surface area contributed by atoms with Gasteiger partial charge in [0.2, 0.25) is 5.91 Å². The highest BCUT2D eigenvalue weighted by Crippen LogP contribution is 2.30. The zero-order valence-electron chi connectivity index (χ0n) is 10.9. The quantitative estimate of drug-likeness (QED) is 0.744. The summed E-state index contributed by atoms with van der Waals surface area (Å²) in [5.74, 6) is 0.295. The van der Waals surface area contributed by atoms with Crippen LogP contribution in [0.4, 0.5) is 5.82 Å². The molecule has 0 radical (unpaired) electrons. The Hall–Kier alpha value is -0.890. The Balaban J connectivity index is 0.00000200. The van der Waals surface area contributed by atoms with Gasteiger partial charge in [-0.2, -0.15) is 5.10 Å². The van der Waals surface area contributed by atoms with Crippen molar-refractivity contribution in [1.29, 1.82) is 0 Å². The molecule has 0 fully saturated rings. The van der Waals surface area contributed by atoms with E-state index >= 15 is 0 Å². The molecule has 0 aliphatic heterocycles. The van der Waals surface area contributed by atoms with Gasteiger partial charge < -0.3 is 11.1 Å². The van der Waals surface area contributed by atoms with Crippen LogP contribution in [0.3, 0.4) is 0 Å². The van der Waals surface area contributed by atoms with E-state index in [-0.39, 0.29) is 18.3 Å². The highest BCUT2D eigenvalue weighted by atomic mass is 79.9. The van der Waals surface area contributed by atoms with Gasteiger partial charge >= 0.3 is 0 Å². The number of halogens is 2. The Labute approximate surface area is 135 Å². The lowest BCUT2D eigenvalue weighted by Crippen LogP contribution is -2.35. The summed E-state index contributed by atoms with van der Waals surface area (Å²) < 4.78 is 1.05. The van der Waals surface area contributed by atoms with Crippen LogP contribution in [-0.2, 0) is 4.79 Å². The van der Waals surface area contributed by atoms with Crippen molar-refractivity contribution >= 4 is 51.4 Å². The molecule has 0 aromatic carbocycles. The van der Waals surface area contributed by atoms with E-state index in [1.165, 1.54) is 0 Å². The van der Waals surface area contributed by atoms with E-state index in [9.17, 15) is 4.79 Å². The second-order valence-corrected chi connectivity index (χ2v) is 6.62. The molecule has 1 amide bonds. The summed E-state index contributed by atoms with van der Waals surface area (Å²) in [7, 11) is 0. The zero-order valence-corrected chi connectivity index (χ0v) is 14.1. The first-order valence-corrected chi connectivity index (χ1v) is 7.58. The van der Waals surface area contributed by atoms with Crippen molar-refractivity contribution in [3.8, 4) is 10.6 Å². The maximum Gasteiger partial charge on any atom is 0.242 e. The fourth-order valence-corrected chi connectivity index (χ4v) is 2.98. The topological polar surface area (TPSA) is 83.8 Å². The van der Waals surface area contributed by atoms with Gasteiger partial charge in [-0.1, -0.05) is 13.3 Å². The number of amides is 1. The molecule has 2 rings (SSSR count). The Kier molecular flexibility index (Phi) is 6.67. The van der Waals surface area contributed by atoms with Gasteiger partial charge in [0, 0.05) is 6.07 Å². The third kappa shape index (κ3) is 4.31. The van der Waals surface area contributed by atoms with E-state index in [4.69, 9.17) is 5.73 Å². The number of nitrogens with zero attached hydrogens (tertiary/aromatic N) is 1. The molecule has 2 heterocycles. The highest BCUT2D eigenvalue weighted by molar-refractivity contribution is 9.11. The summed E-state index contributed by atoms with van der Waals surface area (Å²) in [5, 5.41) is 9.67. The number of nitrogens with one attached hydrogen (secondary N) is 2. The van der Waals surface area contributed by atoms with Gasteiger partial charge in [0.05, 0.1) is 20.4 Å². The minimum absolute atomic E-state index is 0. The van der Waals surface area contributed by atoms with Crippen LogP contribution in [0, 0.1) is 0 Å². The maximum absolute atomic E-state index is 11.8. The fourth-order valence-electron chi connectivity index (χ4n) is 1.63. The van der Waals surface area contributed by atoms with Crippen molar-refractivity contribution in [1.82, 2.24) is 10.2 Å². The standard InChI is InChI=1S/C12H15BrN4OS.ClH/c1-2-3-7(14)12(18)15-11-6-8(16-17-11)9-4-5-10(13)19-9;/h4-7H,2-3,14H2,1H3,(H2,15,16,17,18);1H. The van der Waals surface area contributed by atoms with Crippen LogP contribution in [-0.4, -0.2) is 22.1 Å². The number of hydrogen-bond donors (Lipinski definition) is 3. The second kappa shape index (κ2) is 7.78. The molecule has 0 aliphatic rings. The number of anilines is 1. The third-order valence-corrected chi connectivity index (χ3v) is 4.26. The molecule has 1 atom stereocenters. The lowest BCUT2D eigenvalue weighted by molar-refractivity contribution is -0.117. The number of carbonyl (C=O) groups is 1. The summed E-state index contributed by atoms with van der Waals surface area (Å²) in [6.45, 7) is 1.99. The largest absolute Gasteiger partial charge is 0.320 e. The lowest BCUT2D eigenvalue weighted by Gasteiger charge is -2.08. The van der Waals surface area contributed by atoms with Crippen molar-refractivity contribution in [2.75, 3.05) is 5.32 Å². The van der Waals surface area contributed by atoms with Crippen molar-refractivity contribution < 1.29 is 4.79 Å². The molecular weight excluding hydrogens is 364 g/mol. The molecule has 0 spiro atoms. The molecule has 2 aromatic rings. The third-order valence-electron chi connectivity index (χ3n) is 2.60. The molecule has 20 heavy (non-hydrogen) atoms. The molecule has 1 unspecified atom stereocenters. The molecular formula is C12H16BrClN4OS. The lowest BCUT2D eigenvalue weighted by atomic mass is 10.2. The van der Waals surface area contributed by atoms with Crippen LogP contribution < -0.4 is 11.1 Å². The number of carbonyl (C=O) groups excluding carboxylic acids is 1. The first kappa shape index (κ1) is 17.2. The molecule has 110 valence electrons. The van der Waals surface area contributed by atoms with Crippen LogP contribution in [0.2, 0.25) is 0 Å². The van der Waals surface area contributed by atoms with Crippen molar-refractivity contribution in [3.63, 3.8) is 0 Å². The SMILES string of the molecule is CCCC(N)C(=O)Nc1cc(-c2ccc(Br)s2)[nH]n1.Cl. The number of rotatable bonds is 5. The molecule has 0 saturated heterocycles. The Bertz CT molecular complexity index is 571. The number of aromatic nitrogens is 2. The zero-order chi connectivity index (χ0) is 13.8. The molecule has 5 nitrogen and oxygen atoms in total. The predicted molar refractivity (Wildman–Crippen MR) is 88.4 cm³/mol. The highest BCUT2D eigenvalue weighted by Gasteiger charge is 2.14. The van der Waals surface area contributed by atoms with Crippen molar-refractivity contribution in [3.05, 3.63) is 22.0 Å². The predicted octanol–water partition coefficient (Wildman–Crippen LogP) is 3.39. The van der Waals surface area contributed by atoms with Gasteiger partial charge in [-0.05, 0) is 34.5 Å². The van der Waals surface area contributed by atoms with Crippen LogP contribution in [0.15, 0.2) is 22.0 Å². The smallest absolute Gasteiger partial charge is 0.242 e. The minimum atomic E-state index is -0.485. The minimum Gasteiger partial charge on any atom is -0.320 e. The average molecular weight is 380 g/mol. The molecule has 0 aliphatic carbocycles. The van der Waals surface area contributed by atoms with E-state index in [0.29, 0.717) is 12.2 Å². The summed E-state index contributed by atoms with van der Waals surface area (Å²) in [6, 6.07) is 5.27. The number of hydrogen-bond acceptors (Lipinski definition) is 4. The van der Waals surface area contributed by atoms with Gasteiger partial charge in [0.15, 0.2) is 5.82 Å². The summed E-state index contributed by atoms with van der Waals surface area (Å²) in [6.07, 6.45) is 1.55. The Morgan fingerprint density at radius 1 is 1.60 bits per heavy atom. The maximum atomic E-state index is 11.8. The van der Waals surface area contributed by atoms with Crippen molar-refractivity contribution in [2.24, 2.45) is 5.73 Å². The van der Waals surface area contributed by atoms with E-state index in [1.54, 1.807) is 17.4 Å². The summed E-state index contributed by atoms with van der Waals surface area (Å²) in [5.41, 5.74) is 6.61. The van der Waals surface area contributed by atoms with Crippen LogP contribution >= 0.6 is 39.7 Å². The molecule has 4 N–H and O–H groups in total. The van der Waals surface area contributed by atoms with E-state index < -0.39 is 6.04 Å². The van der Waals surface area contributed by atoms with Gasteiger partial charge in [-0.25, -0.2) is 0 Å². The van der Waals surface area contributed by atoms with Crippen LogP contribution in [0.25, 0.3) is 10.6 Å². The Morgan fingerprint density at radius 2 is 2.35 bits per heavy atom. The Morgan fingerprint density at radius 3 is 2.95 bits per heavy atom. The van der Waals surface area contributed by atoms with E-state index in [0.717, 1.165) is 20.8 Å². The van der Waals surface area contributed by atoms with Gasteiger partial charge in [0.1, 0.15) is 0 Å². The van der Waals surface area contributed by atoms with Crippen molar-refractivity contribution in [2.45, 2.75) is 25.8 Å². The number of aromatic amines is 1. The number of nitrogens with two attached hydrogens (primary N) is 1. The van der Waals surface area contributed by atoms with E-state index in [1.807, 2.05) is 19.1 Å². The van der Waals surface area contributed by atoms with Crippen LogP contribution in [0.1, 0.15) is 19.8 Å². The van der Waals surface area contributed by atoms with Gasteiger partial charge in [-0.3, -0.25) is 9.89 Å². The average Bonchev–Trinajstić information content (AvgIpc) is 2.98. The normalized spacial score (nSPS) is 11.8. The number of H-pyrrole nitrogens is 1. The first-order valence-electron chi connectivity index (χ1n) is 5.97. The van der Waals surface area contributed by atoms with Crippen LogP contribution in [0.5, 0.6) is 0 Å². The monoisotopic (exact) mass is 378 g/mol. The molecule has 0 saturated carbocycles. The summed E-state index contributed by atoms with van der Waals surface area (Å²) >= 11 is 5.01. The molecule has 0 bridgehead atoms. The second-order valence-electron chi connectivity index (χ2n) is 4.16. The number of thiophene rings is 1. The van der Waals surface area contributed by atoms with E-state index in [2.05, 4.69) is 31.4 Å². The molecule has 2 aromatic heterocycles. The summed E-state index contributed by atoms with van der Waals surface area (Å²) in [4.78, 5) is 12.8. The molecule has 8 heteroatoms. The fraction of sp³-hybridized carbons (Fsp3) is 0.333. The van der Waals surface area contributed by atoms with Gasteiger partial charge in [0.25, 0.3) is 0 Å². The van der Waals surface area contributed by atoms with Gasteiger partial charge in [-0.15, -0.1) is 23.7 Å².